The summed E-state index contributed by atoms with van der Waals surface area (Å²) in [5.41, 5.74) is 1.68. The Bertz CT molecular complexity index is 429. The van der Waals surface area contributed by atoms with E-state index in [1.54, 1.807) is 7.11 Å². The fourth-order valence-corrected chi connectivity index (χ4v) is 3.25. The molecule has 2 rings (SSSR count). The van der Waals surface area contributed by atoms with Gasteiger partial charge in [0.25, 0.3) is 0 Å². The van der Waals surface area contributed by atoms with Gasteiger partial charge in [-0.05, 0) is 56.5 Å². The smallest absolute Gasteiger partial charge is 0.119 e. The molecule has 0 spiro atoms. The second-order valence-corrected chi connectivity index (χ2v) is 6.15. The van der Waals surface area contributed by atoms with Crippen molar-refractivity contribution < 1.29 is 4.74 Å². The minimum absolute atomic E-state index is 0.310. The maximum absolute atomic E-state index is 5.31. The third kappa shape index (κ3) is 4.45. The molecule has 1 aromatic carbocycles. The van der Waals surface area contributed by atoms with E-state index in [2.05, 4.69) is 42.3 Å². The topological polar surface area (TPSA) is 24.5 Å². The van der Waals surface area contributed by atoms with E-state index in [0.717, 1.165) is 25.3 Å². The molecule has 0 radical (unpaired) electrons. The van der Waals surface area contributed by atoms with E-state index in [-0.39, 0.29) is 0 Å². The molecule has 1 saturated heterocycles. The molecule has 1 aliphatic rings. The van der Waals surface area contributed by atoms with E-state index in [1.807, 2.05) is 6.07 Å². The normalized spacial score (nSPS) is 19.2. The summed E-state index contributed by atoms with van der Waals surface area (Å²) in [6, 6.07) is 8.45. The number of benzene rings is 1. The first-order valence-electron chi connectivity index (χ1n) is 8.31. The molecular formula is C18H30N2O. The van der Waals surface area contributed by atoms with Gasteiger partial charge in [0.05, 0.1) is 7.11 Å². The van der Waals surface area contributed by atoms with Crippen LogP contribution in [-0.2, 0) is 6.42 Å². The number of rotatable bonds is 6. The average Bonchev–Trinajstić information content (AvgIpc) is 2.76. The van der Waals surface area contributed by atoms with Crippen molar-refractivity contribution in [1.29, 1.82) is 0 Å². The van der Waals surface area contributed by atoms with E-state index < -0.39 is 0 Å². The van der Waals surface area contributed by atoms with Gasteiger partial charge in [-0.25, -0.2) is 0 Å². The monoisotopic (exact) mass is 290 g/mol. The van der Waals surface area contributed by atoms with Gasteiger partial charge in [0.2, 0.25) is 0 Å². The van der Waals surface area contributed by atoms with Crippen LogP contribution in [-0.4, -0.2) is 43.7 Å². The van der Waals surface area contributed by atoms with Crippen LogP contribution in [0, 0.1) is 0 Å². The first kappa shape index (κ1) is 16.3. The zero-order valence-corrected chi connectivity index (χ0v) is 13.8. The molecule has 0 bridgehead atoms. The van der Waals surface area contributed by atoms with Crippen molar-refractivity contribution in [2.24, 2.45) is 0 Å². The van der Waals surface area contributed by atoms with Crippen LogP contribution in [0.1, 0.15) is 38.7 Å². The quantitative estimate of drug-likeness (QED) is 0.871. The van der Waals surface area contributed by atoms with Crippen molar-refractivity contribution in [1.82, 2.24) is 10.2 Å². The molecule has 3 heteroatoms. The summed E-state index contributed by atoms with van der Waals surface area (Å²) in [5.74, 6) is 0.960. The highest BCUT2D eigenvalue weighted by Crippen LogP contribution is 2.20. The molecule has 0 unspecified atom stereocenters. The highest BCUT2D eigenvalue weighted by atomic mass is 16.5. The molecule has 1 fully saturated rings. The Morgan fingerprint density at radius 3 is 2.81 bits per heavy atom. The Kier molecular flexibility index (Phi) is 6.07. The third-order valence-electron chi connectivity index (χ3n) is 4.88. The Hall–Kier alpha value is -1.06. The number of methoxy groups -OCH3 is 1. The molecule has 1 heterocycles. The number of nitrogens with zero attached hydrogens (tertiary/aromatic N) is 1. The van der Waals surface area contributed by atoms with E-state index in [1.165, 1.54) is 37.9 Å². The zero-order valence-electron chi connectivity index (χ0n) is 13.8. The summed E-state index contributed by atoms with van der Waals surface area (Å²) in [4.78, 5) is 2.63. The lowest BCUT2D eigenvalue weighted by Crippen LogP contribution is -2.50. The highest BCUT2D eigenvalue weighted by molar-refractivity contribution is 5.28. The zero-order chi connectivity index (χ0) is 15.1. The fourth-order valence-electron chi connectivity index (χ4n) is 3.25. The second-order valence-electron chi connectivity index (χ2n) is 6.15. The Balaban J connectivity index is 1.94. The summed E-state index contributed by atoms with van der Waals surface area (Å²) < 4.78 is 5.31. The van der Waals surface area contributed by atoms with Gasteiger partial charge in [0.1, 0.15) is 5.75 Å². The standard InChI is InChI=1S/C18H30N2O/c1-4-18(5-2)15-20(12-7-11-19-18)13-10-16-8-6-9-17(14-16)21-3/h6,8-9,14,19H,4-5,7,10-13,15H2,1-3H3. The molecule has 118 valence electrons. The van der Waals surface area contributed by atoms with Crippen LogP contribution >= 0.6 is 0 Å². The van der Waals surface area contributed by atoms with Gasteiger partial charge in [0.15, 0.2) is 0 Å². The van der Waals surface area contributed by atoms with E-state index in [0.29, 0.717) is 5.54 Å². The van der Waals surface area contributed by atoms with Crippen molar-refractivity contribution in [3.8, 4) is 5.75 Å². The average molecular weight is 290 g/mol. The first-order chi connectivity index (χ1) is 10.2. The molecule has 0 aliphatic carbocycles. The van der Waals surface area contributed by atoms with Crippen LogP contribution in [0.2, 0.25) is 0 Å². The molecule has 1 N–H and O–H groups in total. The van der Waals surface area contributed by atoms with Crippen LogP contribution in [0.4, 0.5) is 0 Å². The van der Waals surface area contributed by atoms with Crippen molar-refractivity contribution in [2.75, 3.05) is 33.3 Å². The molecule has 3 nitrogen and oxygen atoms in total. The molecule has 0 saturated carbocycles. The van der Waals surface area contributed by atoms with Gasteiger partial charge in [0, 0.05) is 18.6 Å². The Morgan fingerprint density at radius 2 is 2.10 bits per heavy atom. The lowest BCUT2D eigenvalue weighted by molar-refractivity contribution is 0.199. The van der Waals surface area contributed by atoms with E-state index in [9.17, 15) is 0 Å². The lowest BCUT2D eigenvalue weighted by atomic mass is 9.92. The minimum atomic E-state index is 0.310. The van der Waals surface area contributed by atoms with Crippen molar-refractivity contribution in [3.05, 3.63) is 29.8 Å². The van der Waals surface area contributed by atoms with Gasteiger partial charge in [-0.15, -0.1) is 0 Å². The Labute approximate surface area is 129 Å². The first-order valence-corrected chi connectivity index (χ1v) is 8.31. The third-order valence-corrected chi connectivity index (χ3v) is 4.88. The van der Waals surface area contributed by atoms with Crippen molar-refractivity contribution in [3.63, 3.8) is 0 Å². The molecular weight excluding hydrogens is 260 g/mol. The second kappa shape index (κ2) is 7.81. The molecule has 0 amide bonds. The van der Waals surface area contributed by atoms with Gasteiger partial charge in [-0.3, -0.25) is 0 Å². The van der Waals surface area contributed by atoms with Crippen LogP contribution in [0.25, 0.3) is 0 Å². The number of nitrogens with one attached hydrogen (secondary N) is 1. The molecule has 21 heavy (non-hydrogen) atoms. The maximum atomic E-state index is 5.31. The summed E-state index contributed by atoms with van der Waals surface area (Å²) in [5, 5.41) is 3.78. The number of hydrogen-bond donors (Lipinski definition) is 1. The summed E-state index contributed by atoms with van der Waals surface area (Å²) in [7, 11) is 1.73. The van der Waals surface area contributed by atoms with Gasteiger partial charge in [-0.2, -0.15) is 0 Å². The Morgan fingerprint density at radius 1 is 1.29 bits per heavy atom. The van der Waals surface area contributed by atoms with Crippen LogP contribution in [0.15, 0.2) is 24.3 Å². The SMILES string of the molecule is CCC1(CC)CN(CCc2cccc(OC)c2)CCCN1. The van der Waals surface area contributed by atoms with Crippen LogP contribution in [0.3, 0.4) is 0 Å². The van der Waals surface area contributed by atoms with Crippen molar-refractivity contribution in [2.45, 2.75) is 45.1 Å². The molecule has 1 aliphatic heterocycles. The maximum Gasteiger partial charge on any atom is 0.119 e. The fraction of sp³-hybridized carbons (Fsp3) is 0.667. The number of hydrogen-bond acceptors (Lipinski definition) is 3. The minimum Gasteiger partial charge on any atom is -0.497 e. The predicted octanol–water partition coefficient (Wildman–Crippen LogP) is 3.09. The molecule has 0 atom stereocenters. The number of ether oxygens (including phenoxy) is 1. The van der Waals surface area contributed by atoms with E-state index in [4.69, 9.17) is 4.74 Å². The lowest BCUT2D eigenvalue weighted by Gasteiger charge is -2.35. The predicted molar refractivity (Wildman–Crippen MR) is 89.1 cm³/mol. The van der Waals surface area contributed by atoms with Gasteiger partial charge < -0.3 is 15.0 Å². The van der Waals surface area contributed by atoms with Crippen LogP contribution < -0.4 is 10.1 Å². The summed E-state index contributed by atoms with van der Waals surface area (Å²) in [6.45, 7) is 9.28. The highest BCUT2D eigenvalue weighted by Gasteiger charge is 2.29. The van der Waals surface area contributed by atoms with Gasteiger partial charge >= 0.3 is 0 Å². The summed E-state index contributed by atoms with van der Waals surface area (Å²) >= 11 is 0. The van der Waals surface area contributed by atoms with Gasteiger partial charge in [-0.1, -0.05) is 26.0 Å². The van der Waals surface area contributed by atoms with E-state index >= 15 is 0 Å². The van der Waals surface area contributed by atoms with Crippen LogP contribution in [0.5, 0.6) is 5.75 Å². The molecule has 1 aromatic rings. The molecule has 0 aromatic heterocycles. The van der Waals surface area contributed by atoms with Crippen molar-refractivity contribution >= 4 is 0 Å². The largest absolute Gasteiger partial charge is 0.497 e. The summed E-state index contributed by atoms with van der Waals surface area (Å²) in [6.07, 6.45) is 4.76.